The van der Waals surface area contributed by atoms with E-state index in [0.717, 1.165) is 11.1 Å². The molecule has 204 valence electrons. The first-order chi connectivity index (χ1) is 26.5. The molecule has 8 aromatic rings. The van der Waals surface area contributed by atoms with Gasteiger partial charge in [0.1, 0.15) is 5.82 Å². The van der Waals surface area contributed by atoms with Crippen molar-refractivity contribution in [1.29, 1.82) is 0 Å². The fraction of sp³-hybridized carbons (Fsp3) is 0.0488. The number of aryl methyl sites for hydroxylation is 1. The molecule has 0 bridgehead atoms. The van der Waals surface area contributed by atoms with Crippen molar-refractivity contribution in [2.75, 3.05) is 0 Å². The lowest BCUT2D eigenvalue weighted by Crippen LogP contribution is -1.99. The number of para-hydroxylation sites is 2. The van der Waals surface area contributed by atoms with E-state index in [2.05, 4.69) is 4.98 Å². The second kappa shape index (κ2) is 10.4. The molecule has 0 aliphatic carbocycles. The maximum Gasteiger partial charge on any atom is 0.114 e. The topological polar surface area (TPSA) is 17.8 Å². The molecule has 0 saturated heterocycles. The smallest absolute Gasteiger partial charge is 0.114 e. The average molecular weight is 564 g/mol. The molecular formula is C41H30N2. The number of hydrogen-bond acceptors (Lipinski definition) is 1. The highest BCUT2D eigenvalue weighted by atomic mass is 15.1. The van der Waals surface area contributed by atoms with Gasteiger partial charge in [-0.3, -0.25) is 4.57 Å². The molecule has 0 fully saturated rings. The minimum absolute atomic E-state index is 0.129. The summed E-state index contributed by atoms with van der Waals surface area (Å²) in [7, 11) is 0. The highest BCUT2D eigenvalue weighted by Gasteiger charge is 2.16. The van der Waals surface area contributed by atoms with Gasteiger partial charge in [0.05, 0.1) is 22.0 Å². The number of nitrogens with zero attached hydrogens (tertiary/aromatic N) is 2. The predicted octanol–water partition coefficient (Wildman–Crippen LogP) is 10.9. The Balaban J connectivity index is 1.33. The highest BCUT2D eigenvalue weighted by molar-refractivity contribution is 6.21. The molecule has 0 N–H and O–H groups in total. The van der Waals surface area contributed by atoms with Gasteiger partial charge in [-0.1, -0.05) is 134 Å². The van der Waals surface area contributed by atoms with E-state index in [1.54, 1.807) is 103 Å². The Morgan fingerprint density at radius 1 is 0.581 bits per heavy atom. The minimum Gasteiger partial charge on any atom is -0.296 e. The summed E-state index contributed by atoms with van der Waals surface area (Å²) in [5.41, 5.74) is 4.53. The molecule has 1 aromatic heterocycles. The van der Waals surface area contributed by atoms with E-state index in [9.17, 15) is 0 Å². The molecule has 0 radical (unpaired) electrons. The van der Waals surface area contributed by atoms with Gasteiger partial charge in [0.15, 0.2) is 0 Å². The molecule has 0 spiro atoms. The maximum atomic E-state index is 9.12. The van der Waals surface area contributed by atoms with Crippen LogP contribution >= 0.6 is 0 Å². The van der Waals surface area contributed by atoms with Crippen molar-refractivity contribution in [3.05, 3.63) is 157 Å². The molecular weight excluding hydrogens is 520 g/mol. The van der Waals surface area contributed by atoms with Crippen molar-refractivity contribution in [3.63, 3.8) is 0 Å². The van der Waals surface area contributed by atoms with E-state index in [-0.39, 0.29) is 62.7 Å². The quantitative estimate of drug-likeness (QED) is 0.190. The van der Waals surface area contributed by atoms with Crippen LogP contribution in [0.3, 0.4) is 0 Å². The van der Waals surface area contributed by atoms with Gasteiger partial charge < -0.3 is 0 Å². The SMILES string of the molecule is [2H]c1c([2H])c([2H])c2c(-c3ccc(-c4ccc(-n5c(C([2H])([2H])C([2H])([2H])[2H])nc6ccccc65)cc4)cc3)c3c([2H])c([2H])c([2H])c([2H])c3c(-c3ccccc3)c2c1[2H]. The van der Waals surface area contributed by atoms with Crippen LogP contribution in [0.5, 0.6) is 0 Å². The van der Waals surface area contributed by atoms with E-state index in [0.29, 0.717) is 27.8 Å². The predicted molar refractivity (Wildman–Crippen MR) is 182 cm³/mol. The summed E-state index contributed by atoms with van der Waals surface area (Å²) < 4.78 is 113. The van der Waals surface area contributed by atoms with E-state index in [1.807, 2.05) is 0 Å². The summed E-state index contributed by atoms with van der Waals surface area (Å²) in [6, 6.07) is 26.7. The first-order valence-electron chi connectivity index (χ1n) is 20.2. The number of rotatable bonds is 5. The first kappa shape index (κ1) is 15.1. The molecule has 1 heterocycles. The normalized spacial score (nSPS) is 16.4. The van der Waals surface area contributed by atoms with E-state index in [1.165, 1.54) is 4.57 Å². The van der Waals surface area contributed by atoms with Crippen molar-refractivity contribution in [2.45, 2.75) is 13.2 Å². The summed E-state index contributed by atoms with van der Waals surface area (Å²) in [6.07, 6.45) is -2.75. The van der Waals surface area contributed by atoms with Gasteiger partial charge in [-0.05, 0) is 79.2 Å². The summed E-state index contributed by atoms with van der Waals surface area (Å²) >= 11 is 0. The van der Waals surface area contributed by atoms with Gasteiger partial charge in [-0.15, -0.1) is 0 Å². The number of fused-ring (bicyclic) bond motifs is 3. The number of benzene rings is 7. The van der Waals surface area contributed by atoms with Crippen LogP contribution in [0, 0.1) is 0 Å². The Morgan fingerprint density at radius 3 is 1.65 bits per heavy atom. The first-order valence-corrected chi connectivity index (χ1v) is 13.7. The second-order valence-corrected chi connectivity index (χ2v) is 10.1. The van der Waals surface area contributed by atoms with Crippen LogP contribution in [0.4, 0.5) is 0 Å². The van der Waals surface area contributed by atoms with Crippen molar-refractivity contribution in [3.8, 4) is 39.1 Å². The highest BCUT2D eigenvalue weighted by Crippen LogP contribution is 2.43. The van der Waals surface area contributed by atoms with Crippen LogP contribution in [0.25, 0.3) is 71.6 Å². The van der Waals surface area contributed by atoms with Crippen LogP contribution < -0.4 is 0 Å². The van der Waals surface area contributed by atoms with Crippen LogP contribution in [0.1, 0.15) is 30.5 Å². The molecule has 0 saturated carbocycles. The molecule has 2 nitrogen and oxygen atoms in total. The van der Waals surface area contributed by atoms with Crippen LogP contribution in [0.15, 0.2) is 151 Å². The lowest BCUT2D eigenvalue weighted by atomic mass is 9.86. The van der Waals surface area contributed by atoms with Gasteiger partial charge in [-0.25, -0.2) is 4.98 Å². The molecule has 0 amide bonds. The molecule has 2 heteroatoms. The van der Waals surface area contributed by atoms with Crippen LogP contribution in [0.2, 0.25) is 0 Å². The second-order valence-electron chi connectivity index (χ2n) is 10.1. The Kier molecular flexibility index (Phi) is 3.67. The third kappa shape index (κ3) is 4.23. The van der Waals surface area contributed by atoms with Crippen molar-refractivity contribution in [1.82, 2.24) is 9.55 Å². The van der Waals surface area contributed by atoms with Gasteiger partial charge in [0.2, 0.25) is 0 Å². The molecule has 0 aliphatic heterocycles. The van der Waals surface area contributed by atoms with Gasteiger partial charge in [0.25, 0.3) is 0 Å². The van der Waals surface area contributed by atoms with Crippen LogP contribution in [-0.4, -0.2) is 9.55 Å². The minimum atomic E-state index is -2.98. The van der Waals surface area contributed by atoms with E-state index < -0.39 is 37.4 Å². The zero-order chi connectivity index (χ0) is 40.0. The van der Waals surface area contributed by atoms with Gasteiger partial charge in [0, 0.05) is 18.9 Å². The van der Waals surface area contributed by atoms with Gasteiger partial charge >= 0.3 is 0 Å². The van der Waals surface area contributed by atoms with Gasteiger partial charge in [-0.2, -0.15) is 0 Å². The fourth-order valence-electron chi connectivity index (χ4n) is 5.81. The number of aromatic nitrogens is 2. The summed E-state index contributed by atoms with van der Waals surface area (Å²) in [5.74, 6) is -0.246. The fourth-order valence-corrected chi connectivity index (χ4v) is 5.81. The monoisotopic (exact) mass is 563 g/mol. The van der Waals surface area contributed by atoms with Crippen LogP contribution in [-0.2, 0) is 6.37 Å². The maximum absolute atomic E-state index is 9.12. The molecule has 0 atom stereocenters. The lowest BCUT2D eigenvalue weighted by molar-refractivity contribution is 0.908. The third-order valence-corrected chi connectivity index (χ3v) is 7.74. The Morgan fingerprint density at radius 2 is 1.07 bits per heavy atom. The summed E-state index contributed by atoms with van der Waals surface area (Å²) in [4.78, 5) is 4.39. The van der Waals surface area contributed by atoms with Crippen molar-refractivity contribution in [2.24, 2.45) is 0 Å². The third-order valence-electron chi connectivity index (χ3n) is 7.74. The zero-order valence-corrected chi connectivity index (χ0v) is 22.7. The van der Waals surface area contributed by atoms with E-state index in [4.69, 9.17) is 17.8 Å². The summed E-state index contributed by atoms with van der Waals surface area (Å²) in [6.45, 7) is -2.98. The van der Waals surface area contributed by atoms with E-state index >= 15 is 0 Å². The Labute approximate surface area is 269 Å². The van der Waals surface area contributed by atoms with Crippen molar-refractivity contribution < 1.29 is 17.8 Å². The molecule has 0 aliphatic rings. The standard InChI is InChI=1S/C41H30N2/c1-2-39-42-37-18-10-11-19-38(37)43(39)32-26-24-29(25-27-32)28-20-22-31(23-21-28)41-35-16-8-6-14-33(35)40(30-12-4-3-5-13-30)34-15-7-9-17-36(34)41/h3-27H,2H2,1H3/i1D3,2D2,6D,7D,8D,9D,14D,15D,16D,17D. The number of imidazole rings is 1. The molecule has 7 aromatic carbocycles. The lowest BCUT2D eigenvalue weighted by Gasteiger charge is -2.18. The zero-order valence-electron chi connectivity index (χ0n) is 35.7. The molecule has 0 unspecified atom stereocenters. The van der Waals surface area contributed by atoms with Crippen molar-refractivity contribution >= 4 is 32.6 Å². The molecule has 8 rings (SSSR count). The Hall–Kier alpha value is -5.47. The summed E-state index contributed by atoms with van der Waals surface area (Å²) in [5, 5.41) is 0.543. The molecule has 43 heavy (non-hydrogen) atoms. The Bertz CT molecular complexity index is 2800. The average Bonchev–Trinajstić information content (AvgIpc) is 3.60. The largest absolute Gasteiger partial charge is 0.296 e. The number of hydrogen-bond donors (Lipinski definition) is 0.